The Balaban J connectivity index is 5.20. The van der Waals surface area contributed by atoms with Gasteiger partial charge in [0.25, 0.3) is 0 Å². The topological polar surface area (TPSA) is 122 Å². The SMILES string of the molecule is CC[C@H](C)[C@H](NC(=O)[C@@H](NC(=O)[C@@H](N)C(C)C)[C@@H](C)CC)C(=O)O. The predicted octanol–water partition coefficient (Wildman–Crippen LogP) is 1.12. The average molecular weight is 343 g/mol. The van der Waals surface area contributed by atoms with Gasteiger partial charge in [-0.25, -0.2) is 4.79 Å². The van der Waals surface area contributed by atoms with Gasteiger partial charge in [0.2, 0.25) is 11.8 Å². The number of carbonyl (C=O) groups is 3. The Morgan fingerprint density at radius 3 is 1.67 bits per heavy atom. The molecule has 0 saturated carbocycles. The van der Waals surface area contributed by atoms with Crippen LogP contribution in [0.4, 0.5) is 0 Å². The summed E-state index contributed by atoms with van der Waals surface area (Å²) >= 11 is 0. The fourth-order valence-corrected chi connectivity index (χ4v) is 2.18. The molecule has 0 rings (SSSR count). The molecule has 0 aromatic heterocycles. The third-order valence-corrected chi connectivity index (χ3v) is 4.59. The van der Waals surface area contributed by atoms with Crippen molar-refractivity contribution in [3.8, 4) is 0 Å². The van der Waals surface area contributed by atoms with E-state index < -0.39 is 35.9 Å². The minimum absolute atomic E-state index is 0.0578. The van der Waals surface area contributed by atoms with Crippen LogP contribution in [0.5, 0.6) is 0 Å². The zero-order valence-corrected chi connectivity index (χ0v) is 15.6. The first-order chi connectivity index (χ1) is 11.1. The molecule has 0 saturated heterocycles. The van der Waals surface area contributed by atoms with Gasteiger partial charge in [0.05, 0.1) is 6.04 Å². The smallest absolute Gasteiger partial charge is 0.326 e. The molecule has 24 heavy (non-hydrogen) atoms. The fraction of sp³-hybridized carbons (Fsp3) is 0.824. The average Bonchev–Trinajstić information content (AvgIpc) is 2.54. The second-order valence-corrected chi connectivity index (χ2v) is 6.85. The van der Waals surface area contributed by atoms with Crippen LogP contribution < -0.4 is 16.4 Å². The molecule has 5 atom stereocenters. The van der Waals surface area contributed by atoms with Crippen LogP contribution in [-0.2, 0) is 14.4 Å². The van der Waals surface area contributed by atoms with Gasteiger partial charge >= 0.3 is 5.97 Å². The van der Waals surface area contributed by atoms with Crippen LogP contribution in [0.3, 0.4) is 0 Å². The highest BCUT2D eigenvalue weighted by molar-refractivity contribution is 5.92. The molecular formula is C17H33N3O4. The van der Waals surface area contributed by atoms with Crippen LogP contribution in [0.2, 0.25) is 0 Å². The van der Waals surface area contributed by atoms with E-state index in [1.807, 2.05) is 34.6 Å². The molecule has 5 N–H and O–H groups in total. The van der Waals surface area contributed by atoms with Crippen LogP contribution in [0.15, 0.2) is 0 Å². The quantitative estimate of drug-likeness (QED) is 0.473. The molecule has 0 fully saturated rings. The van der Waals surface area contributed by atoms with Crippen molar-refractivity contribution in [2.45, 2.75) is 72.5 Å². The molecule has 2 amide bonds. The number of carboxylic acids is 1. The van der Waals surface area contributed by atoms with Crippen molar-refractivity contribution in [3.05, 3.63) is 0 Å². The number of carbonyl (C=O) groups excluding carboxylic acids is 2. The Kier molecular flexibility index (Phi) is 9.58. The molecule has 0 unspecified atom stereocenters. The van der Waals surface area contributed by atoms with E-state index in [2.05, 4.69) is 10.6 Å². The number of hydrogen-bond acceptors (Lipinski definition) is 4. The Bertz CT molecular complexity index is 440. The molecular weight excluding hydrogens is 310 g/mol. The number of amides is 2. The number of nitrogens with one attached hydrogen (secondary N) is 2. The first kappa shape index (κ1) is 22.4. The highest BCUT2D eigenvalue weighted by Crippen LogP contribution is 2.12. The second kappa shape index (κ2) is 10.3. The van der Waals surface area contributed by atoms with Crippen molar-refractivity contribution >= 4 is 17.8 Å². The largest absolute Gasteiger partial charge is 0.480 e. The maximum Gasteiger partial charge on any atom is 0.326 e. The third kappa shape index (κ3) is 6.47. The molecule has 7 nitrogen and oxygen atoms in total. The molecule has 0 radical (unpaired) electrons. The lowest BCUT2D eigenvalue weighted by atomic mass is 9.94. The minimum atomic E-state index is -1.08. The van der Waals surface area contributed by atoms with Crippen LogP contribution in [-0.4, -0.2) is 41.0 Å². The van der Waals surface area contributed by atoms with Gasteiger partial charge in [-0.15, -0.1) is 0 Å². The lowest BCUT2D eigenvalue weighted by molar-refractivity contribution is -0.144. The number of nitrogens with two attached hydrogens (primary N) is 1. The van der Waals surface area contributed by atoms with E-state index in [0.29, 0.717) is 12.8 Å². The van der Waals surface area contributed by atoms with Crippen molar-refractivity contribution in [3.63, 3.8) is 0 Å². The maximum absolute atomic E-state index is 12.6. The second-order valence-electron chi connectivity index (χ2n) is 6.85. The first-order valence-electron chi connectivity index (χ1n) is 8.65. The van der Waals surface area contributed by atoms with E-state index in [-0.39, 0.29) is 17.8 Å². The number of carboxylic acid groups (broad SMARTS) is 1. The highest BCUT2D eigenvalue weighted by Gasteiger charge is 2.33. The summed E-state index contributed by atoms with van der Waals surface area (Å²) in [5.41, 5.74) is 5.83. The van der Waals surface area contributed by atoms with Crippen LogP contribution in [0.1, 0.15) is 54.4 Å². The predicted molar refractivity (Wildman–Crippen MR) is 93.2 cm³/mol. The molecule has 0 heterocycles. The van der Waals surface area contributed by atoms with Crippen LogP contribution in [0, 0.1) is 17.8 Å². The van der Waals surface area contributed by atoms with Crippen molar-refractivity contribution in [1.29, 1.82) is 0 Å². The lowest BCUT2D eigenvalue weighted by Crippen LogP contribution is -2.58. The normalized spacial score (nSPS) is 17.5. The van der Waals surface area contributed by atoms with Crippen LogP contribution in [0.25, 0.3) is 0 Å². The standard InChI is InChI=1S/C17H33N3O4/c1-7-10(5)13(19-15(21)12(18)9(3)4)16(22)20-14(17(23)24)11(6)8-2/h9-14H,7-8,18H2,1-6H3,(H,19,21)(H,20,22)(H,23,24)/t10-,11-,12-,13-,14-/m0/s1. The molecule has 0 aliphatic carbocycles. The Hall–Kier alpha value is -1.63. The summed E-state index contributed by atoms with van der Waals surface area (Å²) in [5, 5.41) is 14.6. The number of rotatable bonds is 10. The Morgan fingerprint density at radius 1 is 0.875 bits per heavy atom. The van der Waals surface area contributed by atoms with Gasteiger partial charge < -0.3 is 21.5 Å². The molecule has 0 aliphatic heterocycles. The summed E-state index contributed by atoms with van der Waals surface area (Å²) in [6.07, 6.45) is 1.28. The van der Waals surface area contributed by atoms with Crippen molar-refractivity contribution in [2.24, 2.45) is 23.5 Å². The van der Waals surface area contributed by atoms with Gasteiger partial charge in [0.1, 0.15) is 12.1 Å². The monoisotopic (exact) mass is 343 g/mol. The fourth-order valence-electron chi connectivity index (χ4n) is 2.18. The summed E-state index contributed by atoms with van der Waals surface area (Å²) in [6, 6.07) is -2.50. The molecule has 7 heteroatoms. The van der Waals surface area contributed by atoms with Gasteiger partial charge in [-0.2, -0.15) is 0 Å². The van der Waals surface area contributed by atoms with Gasteiger partial charge in [0.15, 0.2) is 0 Å². The van der Waals surface area contributed by atoms with Gasteiger partial charge in [-0.1, -0.05) is 54.4 Å². The summed E-state index contributed by atoms with van der Waals surface area (Å²) < 4.78 is 0. The molecule has 0 aliphatic rings. The zero-order chi connectivity index (χ0) is 19.0. The number of aliphatic carboxylic acids is 1. The summed E-state index contributed by atoms with van der Waals surface area (Å²) in [7, 11) is 0. The van der Waals surface area contributed by atoms with Crippen LogP contribution >= 0.6 is 0 Å². The van der Waals surface area contributed by atoms with Gasteiger partial charge in [-0.05, 0) is 17.8 Å². The Labute approximate surface area is 144 Å². The minimum Gasteiger partial charge on any atom is -0.480 e. The van der Waals surface area contributed by atoms with E-state index in [9.17, 15) is 19.5 Å². The molecule has 0 aromatic carbocycles. The van der Waals surface area contributed by atoms with E-state index >= 15 is 0 Å². The summed E-state index contributed by atoms with van der Waals surface area (Å²) in [6.45, 7) is 11.0. The summed E-state index contributed by atoms with van der Waals surface area (Å²) in [4.78, 5) is 36.2. The number of hydrogen-bond donors (Lipinski definition) is 4. The lowest BCUT2D eigenvalue weighted by Gasteiger charge is -2.28. The van der Waals surface area contributed by atoms with Crippen molar-refractivity contribution < 1.29 is 19.5 Å². The molecule has 0 spiro atoms. The van der Waals surface area contributed by atoms with E-state index in [1.54, 1.807) is 6.92 Å². The Morgan fingerprint density at radius 2 is 1.29 bits per heavy atom. The first-order valence-corrected chi connectivity index (χ1v) is 8.65. The van der Waals surface area contributed by atoms with Crippen molar-refractivity contribution in [2.75, 3.05) is 0 Å². The van der Waals surface area contributed by atoms with Gasteiger partial charge in [-0.3, -0.25) is 9.59 Å². The third-order valence-electron chi connectivity index (χ3n) is 4.59. The molecule has 140 valence electrons. The molecule has 0 bridgehead atoms. The highest BCUT2D eigenvalue weighted by atomic mass is 16.4. The van der Waals surface area contributed by atoms with E-state index in [1.165, 1.54) is 0 Å². The molecule has 0 aromatic rings. The maximum atomic E-state index is 12.6. The van der Waals surface area contributed by atoms with Gasteiger partial charge in [0, 0.05) is 0 Å². The van der Waals surface area contributed by atoms with E-state index in [0.717, 1.165) is 0 Å². The zero-order valence-electron chi connectivity index (χ0n) is 15.6. The summed E-state index contributed by atoms with van der Waals surface area (Å²) in [5.74, 6) is -2.37. The van der Waals surface area contributed by atoms with E-state index in [4.69, 9.17) is 5.73 Å². The van der Waals surface area contributed by atoms with Crippen molar-refractivity contribution in [1.82, 2.24) is 10.6 Å².